The van der Waals surface area contributed by atoms with Crippen molar-refractivity contribution in [3.63, 3.8) is 0 Å². The minimum Gasteiger partial charge on any atom is -0.342 e. The van der Waals surface area contributed by atoms with Crippen LogP contribution < -0.4 is 9.80 Å². The number of rotatable bonds is 8. The van der Waals surface area contributed by atoms with E-state index >= 15 is 0 Å². The summed E-state index contributed by atoms with van der Waals surface area (Å²) in [5.74, 6) is 0. The van der Waals surface area contributed by atoms with E-state index in [2.05, 4.69) is 316 Å². The Balaban J connectivity index is 0.798. The lowest BCUT2D eigenvalue weighted by Gasteiger charge is -2.26. The fourth-order valence-corrected chi connectivity index (χ4v) is 14.6. The van der Waals surface area contributed by atoms with Gasteiger partial charge >= 0.3 is 0 Å². The number of aryl methyl sites for hydroxylation is 2. The van der Waals surface area contributed by atoms with Crippen molar-refractivity contribution in [1.82, 2.24) is 9.13 Å². The molecule has 0 unspecified atom stereocenters. The number of para-hydroxylation sites is 2. The summed E-state index contributed by atoms with van der Waals surface area (Å²) in [4.78, 5) is 4.79. The molecule has 0 amide bonds. The Morgan fingerprint density at radius 2 is 0.598 bits per heavy atom. The minimum atomic E-state index is -0.0574. The first-order chi connectivity index (χ1) is 40.0. The molecule has 4 heteroatoms. The molecule has 392 valence electrons. The monoisotopic (exact) mass is 1050 g/mol. The van der Waals surface area contributed by atoms with Gasteiger partial charge < -0.3 is 18.9 Å². The molecule has 0 N–H and O–H groups in total. The van der Waals surface area contributed by atoms with Crippen molar-refractivity contribution in [3.05, 3.63) is 277 Å². The number of nitrogens with zero attached hydrogens (tertiary/aromatic N) is 4. The fraction of sp³-hybridized carbons (Fsp3) is 0.103. The Kier molecular flexibility index (Phi) is 10.4. The molecule has 2 aliphatic carbocycles. The fourth-order valence-electron chi connectivity index (χ4n) is 14.6. The Hall–Kier alpha value is -9.90. The van der Waals surface area contributed by atoms with E-state index < -0.39 is 0 Å². The van der Waals surface area contributed by atoms with Gasteiger partial charge in [-0.15, -0.1) is 0 Å². The van der Waals surface area contributed by atoms with Gasteiger partial charge in [0.15, 0.2) is 0 Å². The summed E-state index contributed by atoms with van der Waals surface area (Å²) in [6.07, 6.45) is 0. The third kappa shape index (κ3) is 6.97. The first kappa shape index (κ1) is 48.0. The third-order valence-corrected chi connectivity index (χ3v) is 18.7. The molecule has 2 aromatic heterocycles. The maximum atomic E-state index is 2.45. The molecule has 0 spiro atoms. The van der Waals surface area contributed by atoms with Gasteiger partial charge in [-0.3, -0.25) is 0 Å². The maximum absolute atomic E-state index is 2.45. The van der Waals surface area contributed by atoms with Crippen LogP contribution >= 0.6 is 0 Å². The van der Waals surface area contributed by atoms with E-state index in [9.17, 15) is 0 Å². The molecular formula is C78H60N4. The zero-order valence-corrected chi connectivity index (χ0v) is 47.0. The zero-order chi connectivity index (χ0) is 55.2. The summed E-state index contributed by atoms with van der Waals surface area (Å²) in [5, 5.41) is 7.55. The lowest BCUT2D eigenvalue weighted by Crippen LogP contribution is -2.14. The average Bonchev–Trinajstić information content (AvgIpc) is 2.62. The number of benzene rings is 12. The molecule has 2 aliphatic rings. The van der Waals surface area contributed by atoms with Crippen LogP contribution in [-0.2, 0) is 24.9 Å². The van der Waals surface area contributed by atoms with Crippen LogP contribution in [-0.4, -0.2) is 9.13 Å². The van der Waals surface area contributed by atoms with Crippen LogP contribution in [0.15, 0.2) is 255 Å². The van der Waals surface area contributed by atoms with Crippen LogP contribution in [0.4, 0.5) is 34.1 Å². The summed E-state index contributed by atoms with van der Waals surface area (Å²) < 4.78 is 4.89. The number of hydrogen-bond acceptors (Lipinski definition) is 2. The molecule has 82 heavy (non-hydrogen) atoms. The highest BCUT2D eigenvalue weighted by atomic mass is 15.2. The Morgan fingerprint density at radius 3 is 1.01 bits per heavy atom. The summed E-state index contributed by atoms with van der Waals surface area (Å²) in [5.41, 5.74) is 27.2. The standard InChI is InChI=1S/C78H60N4/c1-77(2)67-27-17-15-23-59(67)61-41-33-51(45-69(61)77)49-29-35-55(36-30-49)81(53-19-9-7-10-20-53)57-39-43-65-71(47-57)79(5)75-73(65)63-25-13-14-26-64(63)74-66-44-40-58(48-72(66)80(6)76(74)75)82(54-21-11-8-12-22-54)56-37-31-50(32-38-56)52-34-42-62-60-24-16-18-28-68(60)78(3,4)70(62)46-52/h7-48H,1-6H3. The predicted octanol–water partition coefficient (Wildman–Crippen LogP) is 21.0. The van der Waals surface area contributed by atoms with E-state index in [0.717, 1.165) is 34.1 Å². The topological polar surface area (TPSA) is 16.3 Å². The maximum Gasteiger partial charge on any atom is 0.0742 e. The molecule has 4 nitrogen and oxygen atoms in total. The zero-order valence-electron chi connectivity index (χ0n) is 47.0. The predicted molar refractivity (Wildman–Crippen MR) is 347 cm³/mol. The highest BCUT2D eigenvalue weighted by molar-refractivity contribution is 6.36. The summed E-state index contributed by atoms with van der Waals surface area (Å²) >= 11 is 0. The highest BCUT2D eigenvalue weighted by Gasteiger charge is 2.37. The lowest BCUT2D eigenvalue weighted by molar-refractivity contribution is 0.660. The second-order valence-corrected chi connectivity index (χ2v) is 23.8. The molecule has 0 aliphatic heterocycles. The van der Waals surface area contributed by atoms with E-state index in [4.69, 9.17) is 0 Å². The molecule has 2 heterocycles. The van der Waals surface area contributed by atoms with E-state index in [1.54, 1.807) is 0 Å². The quantitative estimate of drug-likeness (QED) is 0.151. The highest BCUT2D eigenvalue weighted by Crippen LogP contribution is 2.52. The van der Waals surface area contributed by atoms with Gasteiger partial charge in [-0.2, -0.15) is 0 Å². The third-order valence-electron chi connectivity index (χ3n) is 18.7. The Labute approximate surface area is 479 Å². The van der Waals surface area contributed by atoms with E-state index in [-0.39, 0.29) is 10.8 Å². The molecule has 0 saturated heterocycles. The molecule has 0 saturated carbocycles. The van der Waals surface area contributed by atoms with E-state index in [1.165, 1.54) is 121 Å². The van der Waals surface area contributed by atoms with Gasteiger partial charge in [0.2, 0.25) is 0 Å². The summed E-state index contributed by atoms with van der Waals surface area (Å²) in [6.45, 7) is 9.42. The van der Waals surface area contributed by atoms with Crippen molar-refractivity contribution in [2.24, 2.45) is 14.1 Å². The van der Waals surface area contributed by atoms with Crippen LogP contribution in [0.25, 0.3) is 98.9 Å². The Morgan fingerprint density at radius 1 is 0.268 bits per heavy atom. The first-order valence-corrected chi connectivity index (χ1v) is 28.8. The van der Waals surface area contributed by atoms with Crippen LogP contribution in [0.2, 0.25) is 0 Å². The molecular weight excluding hydrogens is 993 g/mol. The van der Waals surface area contributed by atoms with Crippen molar-refractivity contribution >= 4 is 88.5 Å². The Bertz CT molecular complexity index is 4610. The summed E-state index contributed by atoms with van der Waals surface area (Å²) in [7, 11) is 4.51. The molecule has 0 fully saturated rings. The minimum absolute atomic E-state index is 0.0574. The van der Waals surface area contributed by atoms with Crippen molar-refractivity contribution in [3.8, 4) is 44.5 Å². The molecule has 0 atom stereocenters. The number of fused-ring (bicyclic) bond motifs is 16. The lowest BCUT2D eigenvalue weighted by atomic mass is 9.81. The van der Waals surface area contributed by atoms with Crippen molar-refractivity contribution in [2.45, 2.75) is 38.5 Å². The second-order valence-electron chi connectivity index (χ2n) is 23.8. The van der Waals surface area contributed by atoms with Gasteiger partial charge in [-0.25, -0.2) is 0 Å². The second kappa shape index (κ2) is 17.8. The van der Waals surface area contributed by atoms with Gasteiger partial charge in [0, 0.05) is 80.6 Å². The van der Waals surface area contributed by atoms with Gasteiger partial charge in [0.05, 0.1) is 22.1 Å². The van der Waals surface area contributed by atoms with Crippen molar-refractivity contribution in [2.75, 3.05) is 9.80 Å². The van der Waals surface area contributed by atoms with Crippen molar-refractivity contribution in [1.29, 1.82) is 0 Å². The SMILES string of the molecule is Cn1c2cc(N(c3ccccc3)c3ccc(-c4ccc5c(c4)C(C)(C)c4ccccc4-5)cc3)ccc2c2c3ccccc3c3c4ccc(N(c5ccccc5)c5ccc(-c6ccc7c(c6)C(C)(C)c6ccccc6-7)cc5)cc4n(C)c3c21. The first-order valence-electron chi connectivity index (χ1n) is 28.8. The molecule has 0 radical (unpaired) electrons. The molecule has 12 aromatic carbocycles. The van der Waals surface area contributed by atoms with Gasteiger partial charge in [0.1, 0.15) is 0 Å². The molecule has 14 aromatic rings. The average molecular weight is 1050 g/mol. The van der Waals surface area contributed by atoms with E-state index in [0.29, 0.717) is 0 Å². The van der Waals surface area contributed by atoms with Crippen LogP contribution in [0, 0.1) is 0 Å². The smallest absolute Gasteiger partial charge is 0.0742 e. The van der Waals surface area contributed by atoms with Gasteiger partial charge in [-0.05, 0) is 162 Å². The van der Waals surface area contributed by atoms with E-state index in [1.807, 2.05) is 0 Å². The molecule has 16 rings (SSSR count). The molecule has 0 bridgehead atoms. The number of aromatic nitrogens is 2. The number of hydrogen-bond donors (Lipinski definition) is 0. The van der Waals surface area contributed by atoms with Crippen LogP contribution in [0.5, 0.6) is 0 Å². The summed E-state index contributed by atoms with van der Waals surface area (Å²) in [6, 6.07) is 94.8. The normalized spacial score (nSPS) is 13.7. The van der Waals surface area contributed by atoms with Crippen LogP contribution in [0.1, 0.15) is 49.9 Å². The number of anilines is 6. The largest absolute Gasteiger partial charge is 0.342 e. The van der Waals surface area contributed by atoms with Crippen molar-refractivity contribution < 1.29 is 0 Å². The van der Waals surface area contributed by atoms with Gasteiger partial charge in [-0.1, -0.05) is 198 Å². The van der Waals surface area contributed by atoms with Gasteiger partial charge in [0.25, 0.3) is 0 Å². The van der Waals surface area contributed by atoms with Crippen LogP contribution in [0.3, 0.4) is 0 Å².